The fourth-order valence-electron chi connectivity index (χ4n) is 3.19. The number of hydrogen-bond donors (Lipinski definition) is 2. The lowest BCUT2D eigenvalue weighted by molar-refractivity contribution is -0.900. The molecule has 1 fully saturated rings. The minimum absolute atomic E-state index is 0.174. The standard InChI is InChI=1S/C17H24N2O5S/c1-10-6-5-7-19(8-10)9-12(20)18-15-13(16(21)23-3)11(2)14(25-15)17(22)24-4/h10H,5-9H2,1-4H3,(H,18,20)/p+1/t10-/m0/s1. The topological polar surface area (TPSA) is 86.1 Å². The first-order valence-corrected chi connectivity index (χ1v) is 9.12. The van der Waals surface area contributed by atoms with Crippen LogP contribution < -0.4 is 10.2 Å². The first kappa shape index (κ1) is 19.4. The van der Waals surface area contributed by atoms with Gasteiger partial charge in [-0.1, -0.05) is 6.92 Å². The molecule has 2 N–H and O–H groups in total. The van der Waals surface area contributed by atoms with Crippen LogP contribution in [0.3, 0.4) is 0 Å². The molecule has 1 unspecified atom stereocenters. The van der Waals surface area contributed by atoms with Crippen molar-refractivity contribution < 1.29 is 28.8 Å². The van der Waals surface area contributed by atoms with Crippen LogP contribution in [0.25, 0.3) is 0 Å². The van der Waals surface area contributed by atoms with Crippen LogP contribution in [-0.2, 0) is 14.3 Å². The number of piperidine rings is 1. The Bertz CT molecular complexity index is 670. The molecule has 1 aromatic heterocycles. The third kappa shape index (κ3) is 4.58. The van der Waals surface area contributed by atoms with E-state index in [2.05, 4.69) is 12.2 Å². The molecule has 138 valence electrons. The number of carbonyl (C=O) groups excluding carboxylic acids is 3. The van der Waals surface area contributed by atoms with Crippen LogP contribution >= 0.6 is 11.3 Å². The van der Waals surface area contributed by atoms with Crippen LogP contribution in [0, 0.1) is 12.8 Å². The molecular weight excluding hydrogens is 344 g/mol. The maximum atomic E-state index is 12.4. The van der Waals surface area contributed by atoms with Crippen LogP contribution in [0.4, 0.5) is 5.00 Å². The largest absolute Gasteiger partial charge is 0.465 e. The number of esters is 2. The highest BCUT2D eigenvalue weighted by Gasteiger charge is 2.28. The van der Waals surface area contributed by atoms with E-state index in [1.807, 2.05) is 0 Å². The lowest BCUT2D eigenvalue weighted by atomic mass is 10.0. The molecule has 1 amide bonds. The Labute approximate surface area is 151 Å². The fraction of sp³-hybridized carbons (Fsp3) is 0.588. The number of rotatable bonds is 5. The van der Waals surface area contributed by atoms with Crippen molar-refractivity contribution in [2.75, 3.05) is 39.2 Å². The summed E-state index contributed by atoms with van der Waals surface area (Å²) in [4.78, 5) is 37.9. The molecule has 1 saturated heterocycles. The minimum atomic E-state index is -0.585. The van der Waals surface area contributed by atoms with Gasteiger partial charge in [0.15, 0.2) is 6.54 Å². The molecule has 1 aliphatic heterocycles. The van der Waals surface area contributed by atoms with E-state index in [0.29, 0.717) is 23.0 Å². The van der Waals surface area contributed by atoms with Gasteiger partial charge in [-0.3, -0.25) is 4.79 Å². The van der Waals surface area contributed by atoms with Gasteiger partial charge in [-0.15, -0.1) is 11.3 Å². The van der Waals surface area contributed by atoms with Crippen molar-refractivity contribution in [2.24, 2.45) is 5.92 Å². The Hall–Kier alpha value is -1.93. The molecule has 1 aliphatic rings. The molecule has 0 bridgehead atoms. The molecule has 2 heterocycles. The summed E-state index contributed by atoms with van der Waals surface area (Å²) < 4.78 is 9.53. The molecule has 0 saturated carbocycles. The van der Waals surface area contributed by atoms with Gasteiger partial charge in [0.25, 0.3) is 5.91 Å². The first-order valence-electron chi connectivity index (χ1n) is 8.30. The second kappa shape index (κ2) is 8.44. The summed E-state index contributed by atoms with van der Waals surface area (Å²) in [5, 5.41) is 3.11. The van der Waals surface area contributed by atoms with Crippen LogP contribution in [0.1, 0.15) is 45.4 Å². The quantitative estimate of drug-likeness (QED) is 0.753. The van der Waals surface area contributed by atoms with E-state index < -0.39 is 11.9 Å². The van der Waals surface area contributed by atoms with Crippen molar-refractivity contribution in [3.63, 3.8) is 0 Å². The summed E-state index contributed by atoms with van der Waals surface area (Å²) in [5.74, 6) is -0.689. The molecule has 2 rings (SSSR count). The van der Waals surface area contributed by atoms with E-state index in [1.54, 1.807) is 6.92 Å². The number of nitrogens with one attached hydrogen (secondary N) is 2. The van der Waals surface area contributed by atoms with E-state index in [9.17, 15) is 14.4 Å². The summed E-state index contributed by atoms with van der Waals surface area (Å²) in [6.07, 6.45) is 2.31. The van der Waals surface area contributed by atoms with Crippen molar-refractivity contribution >= 4 is 34.2 Å². The van der Waals surface area contributed by atoms with Gasteiger partial charge in [-0.05, 0) is 25.3 Å². The zero-order valence-corrected chi connectivity index (χ0v) is 15.9. The third-order valence-corrected chi connectivity index (χ3v) is 5.62. The number of quaternary nitrogens is 1. The van der Waals surface area contributed by atoms with Crippen molar-refractivity contribution in [3.05, 3.63) is 16.0 Å². The lowest BCUT2D eigenvalue weighted by Gasteiger charge is -2.27. The summed E-state index contributed by atoms with van der Waals surface area (Å²) in [5.41, 5.74) is 0.668. The number of thiophene rings is 1. The molecule has 0 aliphatic carbocycles. The Morgan fingerprint density at radius 1 is 1.24 bits per heavy atom. The molecule has 8 heteroatoms. The Morgan fingerprint density at radius 2 is 1.92 bits per heavy atom. The second-order valence-corrected chi connectivity index (χ2v) is 7.44. The van der Waals surface area contributed by atoms with E-state index in [4.69, 9.17) is 9.47 Å². The van der Waals surface area contributed by atoms with Crippen molar-refractivity contribution in [1.29, 1.82) is 0 Å². The molecule has 7 nitrogen and oxygen atoms in total. The molecule has 0 spiro atoms. The van der Waals surface area contributed by atoms with Gasteiger partial charge in [-0.25, -0.2) is 9.59 Å². The van der Waals surface area contributed by atoms with Crippen LogP contribution in [0.2, 0.25) is 0 Å². The van der Waals surface area contributed by atoms with Gasteiger partial charge in [0.2, 0.25) is 0 Å². The Morgan fingerprint density at radius 3 is 2.52 bits per heavy atom. The van der Waals surface area contributed by atoms with Crippen LogP contribution in [0.5, 0.6) is 0 Å². The van der Waals surface area contributed by atoms with Crippen molar-refractivity contribution in [3.8, 4) is 0 Å². The maximum Gasteiger partial charge on any atom is 0.348 e. The van der Waals surface area contributed by atoms with Gasteiger partial charge in [0.1, 0.15) is 9.88 Å². The molecule has 2 atom stereocenters. The highest BCUT2D eigenvalue weighted by atomic mass is 32.1. The smallest absolute Gasteiger partial charge is 0.348 e. The minimum Gasteiger partial charge on any atom is -0.465 e. The number of methoxy groups -OCH3 is 2. The van der Waals surface area contributed by atoms with Crippen LogP contribution in [0.15, 0.2) is 0 Å². The van der Waals surface area contributed by atoms with E-state index in [0.717, 1.165) is 30.8 Å². The predicted molar refractivity (Wildman–Crippen MR) is 94.3 cm³/mol. The van der Waals surface area contributed by atoms with Gasteiger partial charge in [0.05, 0.1) is 32.9 Å². The van der Waals surface area contributed by atoms with Crippen LogP contribution in [-0.4, -0.2) is 51.7 Å². The number of likely N-dealkylation sites (tertiary alicyclic amines) is 1. The number of hydrogen-bond acceptors (Lipinski definition) is 6. The summed E-state index contributed by atoms with van der Waals surface area (Å²) in [6.45, 7) is 6.11. The number of anilines is 1. The monoisotopic (exact) mass is 369 g/mol. The van der Waals surface area contributed by atoms with Crippen molar-refractivity contribution in [2.45, 2.75) is 26.7 Å². The Balaban J connectivity index is 2.18. The molecule has 25 heavy (non-hydrogen) atoms. The average molecular weight is 369 g/mol. The summed E-state index contributed by atoms with van der Waals surface area (Å²) in [7, 11) is 2.54. The first-order chi connectivity index (χ1) is 11.9. The van der Waals surface area contributed by atoms with Gasteiger partial charge < -0.3 is 19.7 Å². The zero-order valence-electron chi connectivity index (χ0n) is 15.1. The number of carbonyl (C=O) groups is 3. The average Bonchev–Trinajstić information content (AvgIpc) is 2.89. The maximum absolute atomic E-state index is 12.4. The van der Waals surface area contributed by atoms with Gasteiger partial charge in [-0.2, -0.15) is 0 Å². The third-order valence-electron chi connectivity index (χ3n) is 4.43. The summed E-state index contributed by atoms with van der Waals surface area (Å²) in [6, 6.07) is 0. The highest BCUT2D eigenvalue weighted by Crippen LogP contribution is 2.34. The second-order valence-electron chi connectivity index (χ2n) is 6.42. The molecular formula is C17H25N2O5S+. The number of ether oxygens (including phenoxy) is 2. The fourth-order valence-corrected chi connectivity index (χ4v) is 4.32. The van der Waals surface area contributed by atoms with E-state index in [-0.39, 0.29) is 16.3 Å². The SMILES string of the molecule is COC(=O)c1sc(NC(=O)C[NH+]2CCC[C@H](C)C2)c(C(=O)OC)c1C. The molecule has 0 aromatic carbocycles. The number of amides is 1. The highest BCUT2D eigenvalue weighted by molar-refractivity contribution is 7.18. The predicted octanol–water partition coefficient (Wildman–Crippen LogP) is 0.883. The van der Waals surface area contributed by atoms with Gasteiger partial charge in [0, 0.05) is 5.92 Å². The normalized spacial score (nSPS) is 20.0. The summed E-state index contributed by atoms with van der Waals surface area (Å²) >= 11 is 1.04. The van der Waals surface area contributed by atoms with E-state index >= 15 is 0 Å². The lowest BCUT2D eigenvalue weighted by Crippen LogP contribution is -3.14. The van der Waals surface area contributed by atoms with Crippen molar-refractivity contribution in [1.82, 2.24) is 0 Å². The molecule has 0 radical (unpaired) electrons. The van der Waals surface area contributed by atoms with E-state index in [1.165, 1.54) is 25.5 Å². The Kier molecular flexibility index (Phi) is 6.55. The van der Waals surface area contributed by atoms with Gasteiger partial charge >= 0.3 is 11.9 Å². The molecule has 1 aromatic rings. The zero-order chi connectivity index (χ0) is 18.6.